The van der Waals surface area contributed by atoms with Crippen molar-refractivity contribution in [3.8, 4) is 5.69 Å². The lowest BCUT2D eigenvalue weighted by Gasteiger charge is -2.31. The molecule has 2 amide bonds. The van der Waals surface area contributed by atoms with Gasteiger partial charge in [-0.2, -0.15) is 0 Å². The predicted octanol–water partition coefficient (Wildman–Crippen LogP) is 3.97. The van der Waals surface area contributed by atoms with E-state index in [0.717, 1.165) is 11.4 Å². The van der Waals surface area contributed by atoms with Crippen molar-refractivity contribution in [2.24, 2.45) is 5.92 Å². The summed E-state index contributed by atoms with van der Waals surface area (Å²) in [5.74, 6) is -0.000655. The predicted molar refractivity (Wildman–Crippen MR) is 109 cm³/mol. The summed E-state index contributed by atoms with van der Waals surface area (Å²) in [6.45, 7) is 1.19. The number of rotatable bonds is 4. The second-order valence-electron chi connectivity index (χ2n) is 7.06. The van der Waals surface area contributed by atoms with Crippen LogP contribution in [0, 0.1) is 5.92 Å². The maximum Gasteiger partial charge on any atom is 0.253 e. The maximum absolute atomic E-state index is 12.9. The number of anilines is 1. The molecule has 5 nitrogen and oxygen atoms in total. The van der Waals surface area contributed by atoms with Gasteiger partial charge in [-0.05, 0) is 55.3 Å². The largest absolute Gasteiger partial charge is 0.339 e. The van der Waals surface area contributed by atoms with Crippen molar-refractivity contribution in [3.63, 3.8) is 0 Å². The fourth-order valence-electron chi connectivity index (χ4n) is 3.60. The first-order valence-corrected chi connectivity index (χ1v) is 9.59. The Morgan fingerprint density at radius 2 is 1.57 bits per heavy atom. The number of hydrogen-bond acceptors (Lipinski definition) is 2. The van der Waals surface area contributed by atoms with Gasteiger partial charge in [-0.3, -0.25) is 9.59 Å². The molecule has 2 aromatic carbocycles. The molecule has 0 atom stereocenters. The van der Waals surface area contributed by atoms with Crippen molar-refractivity contribution < 1.29 is 9.59 Å². The summed E-state index contributed by atoms with van der Waals surface area (Å²) in [6.07, 6.45) is 5.28. The fraction of sp³-hybridized carbons (Fsp3) is 0.217. The zero-order chi connectivity index (χ0) is 19.3. The number of amides is 2. The zero-order valence-electron chi connectivity index (χ0n) is 15.6. The van der Waals surface area contributed by atoms with E-state index in [2.05, 4.69) is 5.32 Å². The van der Waals surface area contributed by atoms with Gasteiger partial charge >= 0.3 is 0 Å². The van der Waals surface area contributed by atoms with Crippen LogP contribution < -0.4 is 5.32 Å². The molecule has 4 rings (SSSR count). The third kappa shape index (κ3) is 3.98. The molecule has 1 aromatic heterocycles. The van der Waals surface area contributed by atoms with Crippen LogP contribution >= 0.6 is 0 Å². The highest BCUT2D eigenvalue weighted by Gasteiger charge is 2.28. The second-order valence-corrected chi connectivity index (χ2v) is 7.06. The first kappa shape index (κ1) is 18.0. The molecule has 28 heavy (non-hydrogen) atoms. The second kappa shape index (κ2) is 8.13. The molecule has 0 spiro atoms. The van der Waals surface area contributed by atoms with E-state index in [0.29, 0.717) is 31.5 Å². The third-order valence-corrected chi connectivity index (χ3v) is 5.19. The minimum absolute atomic E-state index is 0.0240. The number of nitrogens with zero attached hydrogens (tertiary/aromatic N) is 2. The molecule has 0 saturated carbocycles. The molecule has 2 heterocycles. The summed E-state index contributed by atoms with van der Waals surface area (Å²) < 4.78 is 1.98. The van der Waals surface area contributed by atoms with E-state index in [-0.39, 0.29) is 17.7 Å². The number of aromatic nitrogens is 1. The molecule has 0 unspecified atom stereocenters. The number of piperidine rings is 1. The Morgan fingerprint density at radius 3 is 2.29 bits per heavy atom. The molecule has 0 aliphatic carbocycles. The Hall–Kier alpha value is -3.34. The molecule has 1 aliphatic heterocycles. The van der Waals surface area contributed by atoms with Crippen LogP contribution in [0.5, 0.6) is 0 Å². The topological polar surface area (TPSA) is 54.3 Å². The molecule has 1 saturated heterocycles. The Balaban J connectivity index is 1.36. The smallest absolute Gasteiger partial charge is 0.253 e. The third-order valence-electron chi connectivity index (χ3n) is 5.19. The SMILES string of the molecule is O=C(Nc1ccccc1)C1CCN(C(=O)c2cccc(-n3cccc3)c2)CC1. The Labute approximate surface area is 164 Å². The van der Waals surface area contributed by atoms with Gasteiger partial charge in [0.15, 0.2) is 0 Å². The van der Waals surface area contributed by atoms with Gasteiger partial charge in [0, 0.05) is 48.3 Å². The highest BCUT2D eigenvalue weighted by molar-refractivity contribution is 5.95. The quantitative estimate of drug-likeness (QED) is 0.752. The highest BCUT2D eigenvalue weighted by atomic mass is 16.2. The van der Waals surface area contributed by atoms with Gasteiger partial charge in [0.2, 0.25) is 5.91 Å². The van der Waals surface area contributed by atoms with Crippen molar-refractivity contribution in [1.29, 1.82) is 0 Å². The minimum atomic E-state index is -0.0598. The van der Waals surface area contributed by atoms with Crippen molar-refractivity contribution in [1.82, 2.24) is 9.47 Å². The zero-order valence-corrected chi connectivity index (χ0v) is 15.6. The van der Waals surface area contributed by atoms with E-state index >= 15 is 0 Å². The van der Waals surface area contributed by atoms with Gasteiger partial charge < -0.3 is 14.8 Å². The van der Waals surface area contributed by atoms with E-state index in [1.807, 2.05) is 88.6 Å². The monoisotopic (exact) mass is 373 g/mol. The molecule has 5 heteroatoms. The van der Waals surface area contributed by atoms with Crippen molar-refractivity contribution in [2.75, 3.05) is 18.4 Å². The van der Waals surface area contributed by atoms with Gasteiger partial charge in [0.1, 0.15) is 0 Å². The van der Waals surface area contributed by atoms with Crippen LogP contribution in [0.4, 0.5) is 5.69 Å². The molecule has 142 valence electrons. The number of likely N-dealkylation sites (tertiary alicyclic amines) is 1. The Morgan fingerprint density at radius 1 is 0.857 bits per heavy atom. The lowest BCUT2D eigenvalue weighted by molar-refractivity contribution is -0.121. The van der Waals surface area contributed by atoms with Gasteiger partial charge in [0.05, 0.1) is 0 Å². The summed E-state index contributed by atoms with van der Waals surface area (Å²) in [5.41, 5.74) is 2.46. The molecular weight excluding hydrogens is 350 g/mol. The summed E-state index contributed by atoms with van der Waals surface area (Å²) >= 11 is 0. The van der Waals surface area contributed by atoms with Crippen LogP contribution in [0.25, 0.3) is 5.69 Å². The van der Waals surface area contributed by atoms with E-state index in [9.17, 15) is 9.59 Å². The Kier molecular flexibility index (Phi) is 5.24. The minimum Gasteiger partial charge on any atom is -0.339 e. The van der Waals surface area contributed by atoms with E-state index in [1.165, 1.54) is 0 Å². The molecule has 3 aromatic rings. The summed E-state index contributed by atoms with van der Waals surface area (Å²) in [7, 11) is 0. The summed E-state index contributed by atoms with van der Waals surface area (Å²) in [6, 6.07) is 21.1. The first-order valence-electron chi connectivity index (χ1n) is 9.59. The molecule has 0 bridgehead atoms. The van der Waals surface area contributed by atoms with Crippen molar-refractivity contribution >= 4 is 17.5 Å². The number of benzene rings is 2. The van der Waals surface area contributed by atoms with Gasteiger partial charge in [-0.1, -0.05) is 24.3 Å². The van der Waals surface area contributed by atoms with Gasteiger partial charge in [-0.25, -0.2) is 0 Å². The standard InChI is InChI=1S/C23H23N3O2/c27-22(24-20-8-2-1-3-9-20)18-11-15-26(16-12-18)23(28)19-7-6-10-21(17-19)25-13-4-5-14-25/h1-10,13-14,17-18H,11-12,15-16H2,(H,24,27). The van der Waals surface area contributed by atoms with E-state index in [4.69, 9.17) is 0 Å². The number of nitrogens with one attached hydrogen (secondary N) is 1. The van der Waals surface area contributed by atoms with E-state index < -0.39 is 0 Å². The lowest BCUT2D eigenvalue weighted by atomic mass is 9.95. The number of carbonyl (C=O) groups is 2. The van der Waals surface area contributed by atoms with Crippen LogP contribution in [0.1, 0.15) is 23.2 Å². The number of hydrogen-bond donors (Lipinski definition) is 1. The van der Waals surface area contributed by atoms with Crippen LogP contribution in [0.2, 0.25) is 0 Å². The van der Waals surface area contributed by atoms with Crippen LogP contribution in [0.15, 0.2) is 79.1 Å². The van der Waals surface area contributed by atoms with Crippen molar-refractivity contribution in [3.05, 3.63) is 84.7 Å². The molecular formula is C23H23N3O2. The molecule has 1 aliphatic rings. The summed E-state index contributed by atoms with van der Waals surface area (Å²) in [5, 5.41) is 2.97. The first-order chi connectivity index (χ1) is 13.7. The fourth-order valence-corrected chi connectivity index (χ4v) is 3.60. The maximum atomic E-state index is 12.9. The average molecular weight is 373 g/mol. The van der Waals surface area contributed by atoms with E-state index in [1.54, 1.807) is 0 Å². The Bertz CT molecular complexity index is 943. The van der Waals surface area contributed by atoms with Gasteiger partial charge in [0.25, 0.3) is 5.91 Å². The molecule has 1 N–H and O–H groups in total. The normalized spacial score (nSPS) is 14.6. The lowest BCUT2D eigenvalue weighted by Crippen LogP contribution is -2.41. The molecule has 1 fully saturated rings. The van der Waals surface area contributed by atoms with Gasteiger partial charge in [-0.15, -0.1) is 0 Å². The van der Waals surface area contributed by atoms with Crippen molar-refractivity contribution in [2.45, 2.75) is 12.8 Å². The number of carbonyl (C=O) groups excluding carboxylic acids is 2. The van der Waals surface area contributed by atoms with Crippen LogP contribution in [-0.4, -0.2) is 34.4 Å². The average Bonchev–Trinajstić information content (AvgIpc) is 3.29. The van der Waals surface area contributed by atoms with Crippen LogP contribution in [-0.2, 0) is 4.79 Å². The number of para-hydroxylation sites is 1. The molecule has 0 radical (unpaired) electrons. The van der Waals surface area contributed by atoms with Crippen LogP contribution in [0.3, 0.4) is 0 Å². The summed E-state index contributed by atoms with van der Waals surface area (Å²) in [4.78, 5) is 27.2. The highest BCUT2D eigenvalue weighted by Crippen LogP contribution is 2.22.